The molecule has 5 nitrogen and oxygen atoms in total. The zero-order chi connectivity index (χ0) is 17.4. The fraction of sp³-hybridized carbons (Fsp3) is 0.350. The number of carbonyl (C=O) groups is 1. The summed E-state index contributed by atoms with van der Waals surface area (Å²) in [5, 5.41) is 0. The molecule has 2 aliphatic heterocycles. The second kappa shape index (κ2) is 6.31. The summed E-state index contributed by atoms with van der Waals surface area (Å²) < 4.78 is 11.3. The van der Waals surface area contributed by atoms with E-state index in [1.54, 1.807) is 6.07 Å². The molecule has 0 saturated carbocycles. The number of ether oxygens (including phenoxy) is 2. The summed E-state index contributed by atoms with van der Waals surface area (Å²) in [6.45, 7) is 3.84. The zero-order valence-electron chi connectivity index (χ0n) is 14.3. The van der Waals surface area contributed by atoms with Gasteiger partial charge in [-0.2, -0.15) is 0 Å². The second-order valence-electron chi connectivity index (χ2n) is 6.63. The molecule has 130 valence electrons. The van der Waals surface area contributed by atoms with Gasteiger partial charge in [-0.1, -0.05) is 12.1 Å². The summed E-state index contributed by atoms with van der Waals surface area (Å²) in [6.07, 6.45) is 1.94. The average molecular weight is 338 g/mol. The largest absolute Gasteiger partial charge is 0.486 e. The van der Waals surface area contributed by atoms with Gasteiger partial charge in [0.1, 0.15) is 13.2 Å². The number of amides is 1. The Kier molecular flexibility index (Phi) is 3.99. The molecule has 1 amide bonds. The highest BCUT2D eigenvalue weighted by molar-refractivity contribution is 5.97. The van der Waals surface area contributed by atoms with Crippen LogP contribution in [0.5, 0.6) is 11.5 Å². The molecule has 25 heavy (non-hydrogen) atoms. The lowest BCUT2D eigenvalue weighted by Gasteiger charge is -2.27. The molecule has 0 aromatic heterocycles. The number of aryl methyl sites for hydroxylation is 1. The Balaban J connectivity index is 1.64. The predicted molar refractivity (Wildman–Crippen MR) is 96.0 cm³/mol. The lowest BCUT2D eigenvalue weighted by molar-refractivity contribution is 0.0734. The van der Waals surface area contributed by atoms with Crippen LogP contribution in [0.25, 0.3) is 0 Å². The number of likely N-dealkylation sites (tertiary alicyclic amines) is 1. The van der Waals surface area contributed by atoms with Crippen LogP contribution in [-0.2, 0) is 0 Å². The van der Waals surface area contributed by atoms with Crippen molar-refractivity contribution in [3.8, 4) is 11.5 Å². The topological polar surface area (TPSA) is 64.8 Å². The maximum Gasteiger partial charge on any atom is 0.254 e. The van der Waals surface area contributed by atoms with Gasteiger partial charge in [0.05, 0.1) is 6.04 Å². The molecule has 1 fully saturated rings. The highest BCUT2D eigenvalue weighted by Crippen LogP contribution is 2.38. The monoisotopic (exact) mass is 338 g/mol. The molecule has 0 bridgehead atoms. The molecular formula is C20H22N2O3. The van der Waals surface area contributed by atoms with Crippen molar-refractivity contribution in [3.05, 3.63) is 53.1 Å². The first-order chi connectivity index (χ1) is 12.1. The molecule has 2 aromatic rings. The van der Waals surface area contributed by atoms with Gasteiger partial charge in [-0.05, 0) is 55.2 Å². The first-order valence-corrected chi connectivity index (χ1v) is 8.70. The van der Waals surface area contributed by atoms with E-state index in [4.69, 9.17) is 15.2 Å². The van der Waals surface area contributed by atoms with E-state index in [1.807, 2.05) is 42.2 Å². The third-order valence-electron chi connectivity index (χ3n) is 4.96. The van der Waals surface area contributed by atoms with E-state index in [9.17, 15) is 4.79 Å². The van der Waals surface area contributed by atoms with Crippen molar-refractivity contribution >= 4 is 11.6 Å². The predicted octanol–water partition coefficient (Wildman–Crippen LogP) is 3.33. The normalized spacial score (nSPS) is 19.1. The number of hydrogen-bond donors (Lipinski definition) is 1. The Bertz CT molecular complexity index is 819. The van der Waals surface area contributed by atoms with E-state index in [-0.39, 0.29) is 11.9 Å². The van der Waals surface area contributed by atoms with Gasteiger partial charge in [0.2, 0.25) is 0 Å². The first-order valence-electron chi connectivity index (χ1n) is 8.70. The van der Waals surface area contributed by atoms with E-state index in [1.165, 1.54) is 0 Å². The number of nitrogen functional groups attached to an aromatic ring is 1. The molecule has 1 atom stereocenters. The summed E-state index contributed by atoms with van der Waals surface area (Å²) in [6, 6.07) is 11.6. The summed E-state index contributed by atoms with van der Waals surface area (Å²) in [5.74, 6) is 1.59. The number of nitrogens with zero attached hydrogens (tertiary/aromatic N) is 1. The van der Waals surface area contributed by atoms with Crippen molar-refractivity contribution in [1.29, 1.82) is 0 Å². The number of fused-ring (bicyclic) bond motifs is 1. The number of nitrogens with two attached hydrogens (primary N) is 1. The van der Waals surface area contributed by atoms with Gasteiger partial charge in [0.25, 0.3) is 5.91 Å². The third kappa shape index (κ3) is 2.90. The van der Waals surface area contributed by atoms with E-state index >= 15 is 0 Å². The third-order valence-corrected chi connectivity index (χ3v) is 4.96. The van der Waals surface area contributed by atoms with Crippen molar-refractivity contribution in [2.75, 3.05) is 25.5 Å². The molecule has 0 spiro atoms. The minimum Gasteiger partial charge on any atom is -0.486 e. The highest BCUT2D eigenvalue weighted by atomic mass is 16.6. The van der Waals surface area contributed by atoms with Crippen LogP contribution < -0.4 is 15.2 Å². The van der Waals surface area contributed by atoms with Gasteiger partial charge in [-0.25, -0.2) is 0 Å². The van der Waals surface area contributed by atoms with E-state index in [0.717, 1.165) is 42.0 Å². The minimum absolute atomic E-state index is 0.0437. The summed E-state index contributed by atoms with van der Waals surface area (Å²) >= 11 is 0. The maximum atomic E-state index is 13.1. The SMILES string of the molecule is Cc1ccc(N)cc1C(=O)N1CCCC1c1ccc2c(c1)OCCO2. The molecule has 2 heterocycles. The Hall–Kier alpha value is -2.69. The molecule has 2 aliphatic rings. The van der Waals surface area contributed by atoms with Crippen LogP contribution in [0.15, 0.2) is 36.4 Å². The fourth-order valence-electron chi connectivity index (χ4n) is 3.65. The van der Waals surface area contributed by atoms with Gasteiger partial charge >= 0.3 is 0 Å². The molecule has 1 saturated heterocycles. The van der Waals surface area contributed by atoms with E-state index in [2.05, 4.69) is 0 Å². The molecule has 0 radical (unpaired) electrons. The van der Waals surface area contributed by atoms with Crippen molar-refractivity contribution < 1.29 is 14.3 Å². The first kappa shape index (κ1) is 15.8. The highest BCUT2D eigenvalue weighted by Gasteiger charge is 2.32. The van der Waals surface area contributed by atoms with Gasteiger partial charge in [-0.3, -0.25) is 4.79 Å². The lowest BCUT2D eigenvalue weighted by Crippen LogP contribution is -2.31. The number of hydrogen-bond acceptors (Lipinski definition) is 4. The standard InChI is InChI=1S/C20H22N2O3/c1-13-4-6-15(21)12-16(13)20(23)22-8-2-3-17(22)14-5-7-18-19(11-14)25-10-9-24-18/h4-7,11-12,17H,2-3,8-10,21H2,1H3. The Morgan fingerprint density at radius 2 is 1.92 bits per heavy atom. The average Bonchev–Trinajstić information content (AvgIpc) is 3.12. The van der Waals surface area contributed by atoms with E-state index < -0.39 is 0 Å². The molecule has 0 aliphatic carbocycles. The van der Waals surface area contributed by atoms with Crippen LogP contribution in [0, 0.1) is 6.92 Å². The molecule has 2 N–H and O–H groups in total. The zero-order valence-corrected chi connectivity index (χ0v) is 14.3. The van der Waals surface area contributed by atoms with Gasteiger partial charge < -0.3 is 20.1 Å². The lowest BCUT2D eigenvalue weighted by atomic mass is 10.0. The summed E-state index contributed by atoms with van der Waals surface area (Å²) in [5.41, 5.74) is 9.23. The van der Waals surface area contributed by atoms with Crippen molar-refractivity contribution in [2.24, 2.45) is 0 Å². The fourth-order valence-corrected chi connectivity index (χ4v) is 3.65. The summed E-state index contributed by atoms with van der Waals surface area (Å²) in [7, 11) is 0. The Morgan fingerprint density at radius 3 is 2.76 bits per heavy atom. The molecule has 5 heteroatoms. The van der Waals surface area contributed by atoms with Crippen LogP contribution in [-0.4, -0.2) is 30.6 Å². The number of carbonyl (C=O) groups excluding carboxylic acids is 1. The number of benzene rings is 2. The van der Waals surface area contributed by atoms with Gasteiger partial charge in [0.15, 0.2) is 11.5 Å². The molecular weight excluding hydrogens is 316 g/mol. The minimum atomic E-state index is 0.0437. The van der Waals surface area contributed by atoms with Crippen LogP contribution in [0.2, 0.25) is 0 Å². The van der Waals surface area contributed by atoms with Gasteiger partial charge in [0, 0.05) is 17.8 Å². The Labute approximate surface area is 147 Å². The van der Waals surface area contributed by atoms with E-state index in [0.29, 0.717) is 24.5 Å². The summed E-state index contributed by atoms with van der Waals surface area (Å²) in [4.78, 5) is 15.1. The Morgan fingerprint density at radius 1 is 1.12 bits per heavy atom. The quantitative estimate of drug-likeness (QED) is 0.853. The maximum absolute atomic E-state index is 13.1. The van der Waals surface area contributed by atoms with Crippen LogP contribution in [0.1, 0.15) is 40.4 Å². The number of anilines is 1. The van der Waals surface area contributed by atoms with Crippen LogP contribution >= 0.6 is 0 Å². The molecule has 4 rings (SSSR count). The van der Waals surface area contributed by atoms with Crippen LogP contribution in [0.3, 0.4) is 0 Å². The molecule has 2 aromatic carbocycles. The van der Waals surface area contributed by atoms with Crippen LogP contribution in [0.4, 0.5) is 5.69 Å². The molecule has 1 unspecified atom stereocenters. The second-order valence-corrected chi connectivity index (χ2v) is 6.63. The van der Waals surface area contributed by atoms with Crippen molar-refractivity contribution in [2.45, 2.75) is 25.8 Å². The van der Waals surface area contributed by atoms with Crippen molar-refractivity contribution in [1.82, 2.24) is 4.90 Å². The number of rotatable bonds is 2. The van der Waals surface area contributed by atoms with Gasteiger partial charge in [-0.15, -0.1) is 0 Å². The smallest absolute Gasteiger partial charge is 0.254 e. The van der Waals surface area contributed by atoms with Crippen molar-refractivity contribution in [3.63, 3.8) is 0 Å².